The van der Waals surface area contributed by atoms with E-state index in [-0.39, 0.29) is 0 Å². The summed E-state index contributed by atoms with van der Waals surface area (Å²) in [5, 5.41) is 1.21. The van der Waals surface area contributed by atoms with Crippen LogP contribution in [0.25, 0.3) is 0 Å². The van der Waals surface area contributed by atoms with E-state index in [2.05, 4.69) is 27.9 Å². The summed E-state index contributed by atoms with van der Waals surface area (Å²) >= 11 is 3.77. The molecule has 0 aromatic rings. The lowest BCUT2D eigenvalue weighted by Gasteiger charge is -2.35. The normalized spacial score (nSPS) is 26.6. The Morgan fingerprint density at radius 3 is 2.20 bits per heavy atom. The summed E-state index contributed by atoms with van der Waals surface area (Å²) in [5.41, 5.74) is 0.591. The van der Waals surface area contributed by atoms with Gasteiger partial charge in [0, 0.05) is 17.9 Å². The fraction of sp³-hybridized carbons (Fsp3) is 1.00. The molecule has 88 valence electrons. The number of hydrogen-bond donors (Lipinski definition) is 0. The Morgan fingerprint density at radius 1 is 1.13 bits per heavy atom. The average molecular weight is 274 g/mol. The van der Waals surface area contributed by atoms with Gasteiger partial charge in [-0.05, 0) is 38.1 Å². The molecule has 15 heavy (non-hydrogen) atoms. The van der Waals surface area contributed by atoms with E-state index in [0.717, 1.165) is 6.04 Å². The highest BCUT2D eigenvalue weighted by atomic mass is 79.9. The van der Waals surface area contributed by atoms with Gasteiger partial charge in [0.2, 0.25) is 0 Å². The van der Waals surface area contributed by atoms with Crippen molar-refractivity contribution in [2.75, 3.05) is 18.9 Å². The topological polar surface area (TPSA) is 3.24 Å². The largest absolute Gasteiger partial charge is 0.303 e. The maximum atomic E-state index is 3.77. The van der Waals surface area contributed by atoms with Gasteiger partial charge in [0.05, 0.1) is 0 Å². The van der Waals surface area contributed by atoms with Crippen LogP contribution in [0.4, 0.5) is 0 Å². The van der Waals surface area contributed by atoms with Crippen molar-refractivity contribution in [1.82, 2.24) is 4.90 Å². The van der Waals surface area contributed by atoms with Gasteiger partial charge in [-0.2, -0.15) is 0 Å². The summed E-state index contributed by atoms with van der Waals surface area (Å²) in [6.45, 7) is 1.32. The molecular formula is C13H24BrN. The van der Waals surface area contributed by atoms with E-state index in [0.29, 0.717) is 5.41 Å². The standard InChI is InChI=1S/C13H24BrN/c1-15(12-6-7-12)11-13(10-14)8-4-2-3-5-9-13/h12H,2-11H2,1H3. The van der Waals surface area contributed by atoms with Gasteiger partial charge >= 0.3 is 0 Å². The lowest BCUT2D eigenvalue weighted by molar-refractivity contribution is 0.170. The number of halogens is 1. The van der Waals surface area contributed by atoms with E-state index in [1.165, 1.54) is 63.2 Å². The number of hydrogen-bond acceptors (Lipinski definition) is 1. The first-order valence-corrected chi connectivity index (χ1v) is 7.64. The second kappa shape index (κ2) is 5.18. The van der Waals surface area contributed by atoms with Crippen molar-refractivity contribution in [2.45, 2.75) is 57.4 Å². The van der Waals surface area contributed by atoms with Crippen LogP contribution in [0.1, 0.15) is 51.4 Å². The fourth-order valence-electron chi connectivity index (χ4n) is 2.99. The molecule has 0 aromatic heterocycles. The van der Waals surface area contributed by atoms with E-state index < -0.39 is 0 Å². The molecule has 0 atom stereocenters. The van der Waals surface area contributed by atoms with Crippen LogP contribution in [-0.2, 0) is 0 Å². The quantitative estimate of drug-likeness (QED) is 0.556. The number of nitrogens with zero attached hydrogens (tertiary/aromatic N) is 1. The van der Waals surface area contributed by atoms with Crippen molar-refractivity contribution in [3.63, 3.8) is 0 Å². The van der Waals surface area contributed by atoms with Gasteiger partial charge in [0.1, 0.15) is 0 Å². The molecule has 2 aliphatic carbocycles. The zero-order chi connectivity index (χ0) is 10.7. The van der Waals surface area contributed by atoms with Crippen LogP contribution in [-0.4, -0.2) is 29.9 Å². The smallest absolute Gasteiger partial charge is 0.0100 e. The Hall–Kier alpha value is 0.440. The lowest BCUT2D eigenvalue weighted by Crippen LogP contribution is -2.37. The zero-order valence-corrected chi connectivity index (χ0v) is 11.6. The third kappa shape index (κ3) is 3.20. The van der Waals surface area contributed by atoms with Gasteiger partial charge in [-0.1, -0.05) is 41.6 Å². The zero-order valence-electron chi connectivity index (χ0n) is 9.97. The van der Waals surface area contributed by atoms with Crippen molar-refractivity contribution < 1.29 is 0 Å². The fourth-order valence-corrected chi connectivity index (χ4v) is 3.72. The lowest BCUT2D eigenvalue weighted by atomic mass is 9.82. The summed E-state index contributed by atoms with van der Waals surface area (Å²) < 4.78 is 0. The predicted molar refractivity (Wildman–Crippen MR) is 69.6 cm³/mol. The van der Waals surface area contributed by atoms with Gasteiger partial charge in [-0.25, -0.2) is 0 Å². The molecule has 2 heteroatoms. The van der Waals surface area contributed by atoms with E-state index in [1.54, 1.807) is 0 Å². The molecule has 0 aromatic carbocycles. The second-order valence-electron chi connectivity index (χ2n) is 5.69. The van der Waals surface area contributed by atoms with Gasteiger partial charge in [0.25, 0.3) is 0 Å². The molecule has 0 N–H and O–H groups in total. The highest BCUT2D eigenvalue weighted by Crippen LogP contribution is 2.39. The van der Waals surface area contributed by atoms with Crippen molar-refractivity contribution in [2.24, 2.45) is 5.41 Å². The summed E-state index contributed by atoms with van der Waals surface area (Å²) in [5.74, 6) is 0. The molecule has 0 heterocycles. The minimum atomic E-state index is 0.591. The third-order valence-corrected chi connectivity index (χ3v) is 5.39. The molecule has 0 saturated heterocycles. The van der Waals surface area contributed by atoms with Crippen LogP contribution in [0.5, 0.6) is 0 Å². The van der Waals surface area contributed by atoms with Crippen LogP contribution in [0.15, 0.2) is 0 Å². The van der Waals surface area contributed by atoms with Gasteiger partial charge in [-0.15, -0.1) is 0 Å². The maximum Gasteiger partial charge on any atom is 0.0100 e. The SMILES string of the molecule is CN(CC1(CBr)CCCCCC1)C1CC1. The Bertz CT molecular complexity index is 193. The van der Waals surface area contributed by atoms with Crippen LogP contribution in [0.2, 0.25) is 0 Å². The molecule has 2 fully saturated rings. The maximum absolute atomic E-state index is 3.77. The first-order chi connectivity index (χ1) is 7.26. The molecule has 0 spiro atoms. The Morgan fingerprint density at radius 2 is 1.73 bits per heavy atom. The summed E-state index contributed by atoms with van der Waals surface area (Å²) in [6, 6.07) is 0.921. The molecule has 0 unspecified atom stereocenters. The Kier molecular flexibility index (Phi) is 4.11. The first kappa shape index (κ1) is 11.9. The molecule has 0 bridgehead atoms. The summed E-state index contributed by atoms with van der Waals surface area (Å²) in [6.07, 6.45) is 11.6. The van der Waals surface area contributed by atoms with E-state index in [1.807, 2.05) is 0 Å². The molecular weight excluding hydrogens is 250 g/mol. The molecule has 0 radical (unpaired) electrons. The highest BCUT2D eigenvalue weighted by molar-refractivity contribution is 9.09. The van der Waals surface area contributed by atoms with Crippen LogP contribution < -0.4 is 0 Å². The van der Waals surface area contributed by atoms with Crippen molar-refractivity contribution >= 4 is 15.9 Å². The highest BCUT2D eigenvalue weighted by Gasteiger charge is 2.35. The molecule has 1 nitrogen and oxygen atoms in total. The van der Waals surface area contributed by atoms with Gasteiger partial charge in [-0.3, -0.25) is 0 Å². The van der Waals surface area contributed by atoms with E-state index >= 15 is 0 Å². The minimum Gasteiger partial charge on any atom is -0.303 e. The second-order valence-corrected chi connectivity index (χ2v) is 6.25. The molecule has 2 aliphatic rings. The third-order valence-electron chi connectivity index (χ3n) is 4.20. The van der Waals surface area contributed by atoms with Crippen LogP contribution >= 0.6 is 15.9 Å². The van der Waals surface area contributed by atoms with Gasteiger partial charge in [0.15, 0.2) is 0 Å². The average Bonchev–Trinajstić information content (AvgIpc) is 3.05. The van der Waals surface area contributed by atoms with E-state index in [4.69, 9.17) is 0 Å². The Labute approximate surface area is 103 Å². The van der Waals surface area contributed by atoms with E-state index in [9.17, 15) is 0 Å². The summed E-state index contributed by atoms with van der Waals surface area (Å²) in [7, 11) is 2.33. The Balaban J connectivity index is 1.92. The first-order valence-electron chi connectivity index (χ1n) is 6.52. The monoisotopic (exact) mass is 273 g/mol. The van der Waals surface area contributed by atoms with Crippen LogP contribution in [0, 0.1) is 5.41 Å². The molecule has 0 aliphatic heterocycles. The summed E-state index contributed by atoms with van der Waals surface area (Å²) in [4.78, 5) is 2.62. The number of alkyl halides is 1. The van der Waals surface area contributed by atoms with Crippen molar-refractivity contribution in [3.05, 3.63) is 0 Å². The minimum absolute atomic E-state index is 0.591. The molecule has 2 saturated carbocycles. The van der Waals surface area contributed by atoms with Crippen LogP contribution in [0.3, 0.4) is 0 Å². The number of rotatable bonds is 4. The van der Waals surface area contributed by atoms with Gasteiger partial charge < -0.3 is 4.90 Å². The molecule has 2 rings (SSSR count). The van der Waals surface area contributed by atoms with Crippen molar-refractivity contribution in [3.8, 4) is 0 Å². The van der Waals surface area contributed by atoms with Crippen molar-refractivity contribution in [1.29, 1.82) is 0 Å². The predicted octanol–water partition coefficient (Wildman–Crippen LogP) is 3.82. The molecule has 0 amide bonds.